The molecule has 150 valence electrons. The standard InChI is InChI=1S/C6H7O7.C5H14NO.Fe.3H2O/c7-3(8)1-6(13,5(11)12)2-4(9)10;1-6(2,3)4-5-7;;;;/h1-2H2,(H,7,8)(H,9,10)(H,11,12);7H,4-5H2,1-3H3;;3*1H2/q-1;+1;;;;. The predicted molar refractivity (Wildman–Crippen MR) is 75.7 cm³/mol. The third-order valence-corrected chi connectivity index (χ3v) is 2.03. The molecule has 0 aromatic carbocycles. The largest absolute Gasteiger partial charge is 0.840 e. The summed E-state index contributed by atoms with van der Waals surface area (Å²) in [6.07, 6.45) is -2.51. The van der Waals surface area contributed by atoms with E-state index in [4.69, 9.17) is 20.4 Å². The Morgan fingerprint density at radius 1 is 0.917 bits per heavy atom. The van der Waals surface area contributed by atoms with Gasteiger partial charge in [-0.15, -0.1) is 0 Å². The third kappa shape index (κ3) is 23.0. The van der Waals surface area contributed by atoms with Crippen LogP contribution in [0.2, 0.25) is 0 Å². The number of carboxylic acids is 3. The molecule has 0 aliphatic heterocycles. The van der Waals surface area contributed by atoms with E-state index in [-0.39, 0.29) is 40.1 Å². The van der Waals surface area contributed by atoms with Gasteiger partial charge in [-0.25, -0.2) is 0 Å². The summed E-state index contributed by atoms with van der Waals surface area (Å²) in [5.41, 5.74) is -2.99. The molecule has 0 aromatic heterocycles. The van der Waals surface area contributed by atoms with Crippen LogP contribution in [0.25, 0.3) is 0 Å². The number of carboxylic acid groups (broad SMARTS) is 3. The van der Waals surface area contributed by atoms with Crippen molar-refractivity contribution in [2.75, 3.05) is 34.3 Å². The fourth-order valence-electron chi connectivity index (χ4n) is 1.00. The zero-order valence-corrected chi connectivity index (χ0v) is 14.7. The summed E-state index contributed by atoms with van der Waals surface area (Å²) < 4.78 is 0.844. The maximum Gasteiger partial charge on any atom is 0.303 e. The van der Waals surface area contributed by atoms with Crippen LogP contribution in [0.3, 0.4) is 0 Å². The summed E-state index contributed by atoms with van der Waals surface area (Å²) in [6.45, 7) is 1.11. The van der Waals surface area contributed by atoms with E-state index in [1.165, 1.54) is 0 Å². The normalized spacial score (nSPS) is 9.38. The van der Waals surface area contributed by atoms with Crippen molar-refractivity contribution in [3.8, 4) is 0 Å². The fraction of sp³-hybridized carbons (Fsp3) is 0.727. The van der Waals surface area contributed by atoms with Crippen molar-refractivity contribution in [2.45, 2.75) is 18.4 Å². The van der Waals surface area contributed by atoms with Crippen molar-refractivity contribution in [2.24, 2.45) is 0 Å². The quantitative estimate of drug-likeness (QED) is 0.236. The van der Waals surface area contributed by atoms with E-state index in [1.54, 1.807) is 0 Å². The van der Waals surface area contributed by atoms with Crippen molar-refractivity contribution in [3.05, 3.63) is 0 Å². The molecule has 0 unspecified atom stereocenters. The zero-order valence-electron chi connectivity index (χ0n) is 13.6. The second-order valence-electron chi connectivity index (χ2n) is 5.18. The van der Waals surface area contributed by atoms with E-state index in [1.807, 2.05) is 0 Å². The molecule has 12 nitrogen and oxygen atoms in total. The molecule has 0 aliphatic carbocycles. The Bertz CT molecular complexity index is 340. The van der Waals surface area contributed by atoms with Gasteiger partial charge in [-0.05, 0) is 0 Å². The van der Waals surface area contributed by atoms with Gasteiger partial charge in [-0.3, -0.25) is 14.4 Å². The molecule has 0 aromatic rings. The number of nitrogens with zero attached hydrogens (tertiary/aromatic N) is 1. The first-order valence-electron chi connectivity index (χ1n) is 5.63. The molecule has 13 heteroatoms. The van der Waals surface area contributed by atoms with Gasteiger partial charge in [0.05, 0.1) is 27.7 Å². The minimum atomic E-state index is -2.99. The summed E-state index contributed by atoms with van der Waals surface area (Å²) in [5, 5.41) is 44.0. The maximum absolute atomic E-state index is 11.1. The summed E-state index contributed by atoms with van der Waals surface area (Å²) in [4.78, 5) is 30.3. The van der Waals surface area contributed by atoms with Crippen LogP contribution in [-0.4, -0.2) is 99.1 Å². The fourth-order valence-corrected chi connectivity index (χ4v) is 1.00. The molecule has 0 atom stereocenters. The first kappa shape index (κ1) is 38.3. The zero-order chi connectivity index (χ0) is 16.6. The van der Waals surface area contributed by atoms with Crippen molar-refractivity contribution in [1.29, 1.82) is 0 Å². The van der Waals surface area contributed by atoms with E-state index >= 15 is 0 Å². The van der Waals surface area contributed by atoms with Crippen molar-refractivity contribution in [1.82, 2.24) is 0 Å². The third-order valence-electron chi connectivity index (χ3n) is 2.03. The summed E-state index contributed by atoms with van der Waals surface area (Å²) >= 11 is 0. The van der Waals surface area contributed by atoms with Crippen LogP contribution in [0.1, 0.15) is 12.8 Å². The van der Waals surface area contributed by atoms with E-state index in [2.05, 4.69) is 21.1 Å². The number of aliphatic hydroxyl groups excluding tert-OH is 1. The first-order chi connectivity index (χ1) is 8.84. The van der Waals surface area contributed by atoms with Crippen molar-refractivity contribution < 1.29 is 77.9 Å². The van der Waals surface area contributed by atoms with Crippen molar-refractivity contribution >= 4 is 17.9 Å². The monoisotopic (exact) mass is 405 g/mol. The summed E-state index contributed by atoms with van der Waals surface area (Å²) in [7, 11) is 6.16. The van der Waals surface area contributed by atoms with Gasteiger partial charge in [0.2, 0.25) is 0 Å². The summed E-state index contributed by atoms with van der Waals surface area (Å²) in [6, 6.07) is 0. The Morgan fingerprint density at radius 2 is 1.21 bits per heavy atom. The van der Waals surface area contributed by atoms with Crippen LogP contribution >= 0.6 is 0 Å². The minimum Gasteiger partial charge on any atom is -0.840 e. The minimum absolute atomic E-state index is 0. The number of quaternary nitrogens is 1. The van der Waals surface area contributed by atoms with Gasteiger partial charge >= 0.3 is 11.9 Å². The molecule has 10 N–H and O–H groups in total. The van der Waals surface area contributed by atoms with Crippen LogP contribution < -0.4 is 5.11 Å². The Labute approximate surface area is 149 Å². The number of likely N-dealkylation sites (N-methyl/N-ethyl adjacent to an activating group) is 1. The maximum atomic E-state index is 11.1. The van der Waals surface area contributed by atoms with E-state index in [9.17, 15) is 19.5 Å². The smallest absolute Gasteiger partial charge is 0.303 e. The molecule has 0 saturated carbocycles. The SMILES string of the molecule is C[N+](C)(C)CCO.O.O.O.O=C(O)CC([O-])(CC(=O)O)C(=O)O.[Fe]. The topological polar surface area (TPSA) is 250 Å². The van der Waals surface area contributed by atoms with Gasteiger partial charge in [-0.1, -0.05) is 0 Å². The molecule has 0 aliphatic rings. The molecule has 0 rings (SSSR count). The molecule has 0 bridgehead atoms. The molecule has 0 radical (unpaired) electrons. The van der Waals surface area contributed by atoms with Gasteiger partial charge < -0.3 is 46.4 Å². The van der Waals surface area contributed by atoms with Crippen LogP contribution in [0.4, 0.5) is 0 Å². The number of aliphatic hydroxyl groups is 1. The second-order valence-corrected chi connectivity index (χ2v) is 5.18. The van der Waals surface area contributed by atoms with Crippen LogP contribution in [0.5, 0.6) is 0 Å². The molecular weight excluding hydrogens is 378 g/mol. The number of aliphatic carboxylic acids is 3. The Morgan fingerprint density at radius 3 is 1.29 bits per heavy atom. The number of rotatable bonds is 7. The second kappa shape index (κ2) is 16.5. The van der Waals surface area contributed by atoms with Gasteiger partial charge in [0, 0.05) is 35.5 Å². The molecule has 0 fully saturated rings. The molecule has 0 amide bonds. The van der Waals surface area contributed by atoms with Gasteiger partial charge in [0.25, 0.3) is 5.97 Å². The van der Waals surface area contributed by atoms with Crippen LogP contribution in [0.15, 0.2) is 0 Å². The van der Waals surface area contributed by atoms with Gasteiger partial charge in [-0.2, -0.15) is 0 Å². The van der Waals surface area contributed by atoms with E-state index < -0.39 is 36.4 Å². The first-order valence-corrected chi connectivity index (χ1v) is 5.63. The number of hydrogen-bond donors (Lipinski definition) is 4. The van der Waals surface area contributed by atoms with Crippen molar-refractivity contribution in [3.63, 3.8) is 0 Å². The Hall–Kier alpha value is -1.31. The van der Waals surface area contributed by atoms with Gasteiger partial charge in [0.15, 0.2) is 0 Å². The Kier molecular flexibility index (Phi) is 26.4. The molecule has 24 heavy (non-hydrogen) atoms. The van der Waals surface area contributed by atoms with Crippen LogP contribution in [-0.2, 0) is 31.5 Å². The molecule has 0 saturated heterocycles. The van der Waals surface area contributed by atoms with Crippen LogP contribution in [0, 0.1) is 0 Å². The molecule has 0 spiro atoms. The average Bonchev–Trinajstić information content (AvgIpc) is 2.12. The Balaban J connectivity index is -0.0000000650. The van der Waals surface area contributed by atoms with Gasteiger partial charge in [0.1, 0.15) is 6.54 Å². The van der Waals surface area contributed by atoms with E-state index in [0.717, 1.165) is 11.0 Å². The van der Waals surface area contributed by atoms with E-state index in [0.29, 0.717) is 0 Å². The number of carbonyl (C=O) groups is 3. The summed E-state index contributed by atoms with van der Waals surface area (Å²) in [5.74, 6) is -5.26. The molecular formula is C11H27FeNO11. The predicted octanol–water partition coefficient (Wildman–Crippen LogP) is -4.67. The number of hydrogen-bond acceptors (Lipinski definition) is 5. The average molecular weight is 405 g/mol. The molecule has 0 heterocycles.